The van der Waals surface area contributed by atoms with Gasteiger partial charge in [0.25, 0.3) is 0 Å². The van der Waals surface area contributed by atoms with E-state index in [4.69, 9.17) is 11.6 Å². The standard InChI is InChI=1S/C20H16ClN3O2S2/c21-13-7-5-12(6-8-13)9-14-11-22-20(27-14)24-18(25)10-17-19(26)23-15-3-1-2-4-16(15)28-17/h1-8,11,17H,9-10H2,(H,23,26)(H,22,24,25). The van der Waals surface area contributed by atoms with Crippen LogP contribution in [0.2, 0.25) is 5.02 Å². The van der Waals surface area contributed by atoms with Gasteiger partial charge in [0.2, 0.25) is 11.8 Å². The molecule has 0 saturated carbocycles. The maximum absolute atomic E-state index is 12.4. The molecule has 0 saturated heterocycles. The van der Waals surface area contributed by atoms with Gasteiger partial charge < -0.3 is 10.6 Å². The zero-order chi connectivity index (χ0) is 19.5. The highest BCUT2D eigenvalue weighted by molar-refractivity contribution is 8.01. The van der Waals surface area contributed by atoms with E-state index in [1.165, 1.54) is 23.1 Å². The Morgan fingerprint density at radius 2 is 1.96 bits per heavy atom. The summed E-state index contributed by atoms with van der Waals surface area (Å²) in [7, 11) is 0. The topological polar surface area (TPSA) is 71.1 Å². The second-order valence-electron chi connectivity index (χ2n) is 6.28. The summed E-state index contributed by atoms with van der Waals surface area (Å²) < 4.78 is 0. The zero-order valence-electron chi connectivity index (χ0n) is 14.6. The van der Waals surface area contributed by atoms with Gasteiger partial charge in [-0.2, -0.15) is 0 Å². The maximum atomic E-state index is 12.4. The fourth-order valence-electron chi connectivity index (χ4n) is 2.82. The number of halogens is 1. The van der Waals surface area contributed by atoms with Gasteiger partial charge >= 0.3 is 0 Å². The molecule has 1 aliphatic heterocycles. The lowest BCUT2D eigenvalue weighted by Gasteiger charge is -2.23. The normalized spacial score (nSPS) is 15.6. The largest absolute Gasteiger partial charge is 0.324 e. The number of hydrogen-bond donors (Lipinski definition) is 2. The minimum Gasteiger partial charge on any atom is -0.324 e. The molecule has 28 heavy (non-hydrogen) atoms. The molecule has 3 aromatic rings. The summed E-state index contributed by atoms with van der Waals surface area (Å²) in [6, 6.07) is 15.2. The van der Waals surface area contributed by atoms with Gasteiger partial charge in [-0.1, -0.05) is 35.9 Å². The maximum Gasteiger partial charge on any atom is 0.238 e. The molecule has 2 aromatic carbocycles. The van der Waals surface area contributed by atoms with Crippen molar-refractivity contribution in [3.8, 4) is 0 Å². The molecule has 5 nitrogen and oxygen atoms in total. The van der Waals surface area contributed by atoms with Crippen molar-refractivity contribution in [3.05, 3.63) is 70.2 Å². The van der Waals surface area contributed by atoms with Crippen molar-refractivity contribution >= 4 is 57.3 Å². The number of carbonyl (C=O) groups is 2. The molecule has 1 aliphatic rings. The van der Waals surface area contributed by atoms with E-state index in [9.17, 15) is 9.59 Å². The summed E-state index contributed by atoms with van der Waals surface area (Å²) in [5, 5.41) is 6.44. The molecule has 4 rings (SSSR count). The van der Waals surface area contributed by atoms with Crippen LogP contribution >= 0.6 is 34.7 Å². The van der Waals surface area contributed by atoms with Crippen LogP contribution in [0.15, 0.2) is 59.6 Å². The van der Waals surface area contributed by atoms with Crippen LogP contribution in [0.4, 0.5) is 10.8 Å². The molecule has 0 aliphatic carbocycles. The van der Waals surface area contributed by atoms with Crippen LogP contribution in [0.5, 0.6) is 0 Å². The molecule has 0 fully saturated rings. The number of aromatic nitrogens is 1. The zero-order valence-corrected chi connectivity index (χ0v) is 17.0. The minimum atomic E-state index is -0.455. The number of thioether (sulfide) groups is 1. The number of anilines is 2. The summed E-state index contributed by atoms with van der Waals surface area (Å²) in [5.41, 5.74) is 1.92. The van der Waals surface area contributed by atoms with Crippen molar-refractivity contribution in [2.24, 2.45) is 0 Å². The number of thiazole rings is 1. The Balaban J connectivity index is 1.35. The van der Waals surface area contributed by atoms with Crippen molar-refractivity contribution in [3.63, 3.8) is 0 Å². The predicted molar refractivity (Wildman–Crippen MR) is 114 cm³/mol. The van der Waals surface area contributed by atoms with Gasteiger partial charge in [-0.25, -0.2) is 4.98 Å². The van der Waals surface area contributed by atoms with Gasteiger partial charge in [0.05, 0.1) is 10.9 Å². The van der Waals surface area contributed by atoms with E-state index in [1.54, 1.807) is 6.20 Å². The van der Waals surface area contributed by atoms with Crippen molar-refractivity contribution < 1.29 is 9.59 Å². The number of amides is 2. The molecule has 2 heterocycles. The highest BCUT2D eigenvalue weighted by Crippen LogP contribution is 2.36. The smallest absolute Gasteiger partial charge is 0.238 e. The van der Waals surface area contributed by atoms with Gasteiger partial charge in [0.15, 0.2) is 5.13 Å². The third kappa shape index (κ3) is 4.55. The van der Waals surface area contributed by atoms with E-state index in [-0.39, 0.29) is 18.2 Å². The first-order valence-corrected chi connectivity index (χ1v) is 10.7. The number of para-hydroxylation sites is 1. The molecular weight excluding hydrogens is 414 g/mol. The monoisotopic (exact) mass is 429 g/mol. The van der Waals surface area contributed by atoms with Crippen molar-refractivity contribution in [2.75, 3.05) is 10.6 Å². The van der Waals surface area contributed by atoms with Gasteiger partial charge in [0.1, 0.15) is 0 Å². The molecule has 1 aromatic heterocycles. The van der Waals surface area contributed by atoms with Crippen LogP contribution in [0.25, 0.3) is 0 Å². The number of nitrogens with zero attached hydrogens (tertiary/aromatic N) is 1. The van der Waals surface area contributed by atoms with E-state index >= 15 is 0 Å². The van der Waals surface area contributed by atoms with E-state index in [2.05, 4.69) is 15.6 Å². The van der Waals surface area contributed by atoms with E-state index in [0.29, 0.717) is 10.2 Å². The van der Waals surface area contributed by atoms with E-state index in [0.717, 1.165) is 27.4 Å². The molecule has 0 bridgehead atoms. The fraction of sp³-hybridized carbons (Fsp3) is 0.150. The van der Waals surface area contributed by atoms with Gasteiger partial charge in [-0.3, -0.25) is 9.59 Å². The fourth-order valence-corrected chi connectivity index (χ4v) is 4.92. The first-order valence-electron chi connectivity index (χ1n) is 8.62. The molecule has 142 valence electrons. The van der Waals surface area contributed by atoms with Gasteiger partial charge in [-0.05, 0) is 29.8 Å². The summed E-state index contributed by atoms with van der Waals surface area (Å²) in [6.45, 7) is 0. The Labute approximate surface area is 175 Å². The Morgan fingerprint density at radius 1 is 1.18 bits per heavy atom. The highest BCUT2D eigenvalue weighted by atomic mass is 35.5. The third-order valence-electron chi connectivity index (χ3n) is 4.17. The number of nitrogens with one attached hydrogen (secondary N) is 2. The van der Waals surface area contributed by atoms with Gasteiger partial charge in [0, 0.05) is 33.8 Å². The quantitative estimate of drug-likeness (QED) is 0.609. The van der Waals surface area contributed by atoms with E-state index < -0.39 is 5.25 Å². The Bertz CT molecular complexity index is 1020. The lowest BCUT2D eigenvalue weighted by atomic mass is 10.1. The van der Waals surface area contributed by atoms with Crippen molar-refractivity contribution in [1.82, 2.24) is 4.98 Å². The van der Waals surface area contributed by atoms with Crippen LogP contribution in [-0.2, 0) is 16.0 Å². The van der Waals surface area contributed by atoms with Crippen LogP contribution in [-0.4, -0.2) is 22.0 Å². The molecule has 0 radical (unpaired) electrons. The second kappa shape index (κ2) is 8.34. The number of carbonyl (C=O) groups excluding carboxylic acids is 2. The van der Waals surface area contributed by atoms with Crippen molar-refractivity contribution in [1.29, 1.82) is 0 Å². The average Bonchev–Trinajstić information content (AvgIpc) is 3.11. The predicted octanol–water partition coefficient (Wildman–Crippen LogP) is 4.83. The highest BCUT2D eigenvalue weighted by Gasteiger charge is 2.29. The summed E-state index contributed by atoms with van der Waals surface area (Å²) >= 11 is 8.75. The number of rotatable bonds is 5. The second-order valence-corrected chi connectivity index (χ2v) is 9.08. The first-order chi connectivity index (χ1) is 13.6. The molecule has 1 atom stereocenters. The molecular formula is C20H16ClN3O2S2. The summed E-state index contributed by atoms with van der Waals surface area (Å²) in [5.74, 6) is -0.374. The molecule has 2 amide bonds. The lowest BCUT2D eigenvalue weighted by molar-refractivity contribution is -0.120. The Morgan fingerprint density at radius 3 is 2.79 bits per heavy atom. The molecule has 2 N–H and O–H groups in total. The SMILES string of the molecule is O=C(CC1Sc2ccccc2NC1=O)Nc1ncc(Cc2ccc(Cl)cc2)s1. The van der Waals surface area contributed by atoms with Crippen LogP contribution in [0.3, 0.4) is 0 Å². The first kappa shape index (κ1) is 19.0. The van der Waals surface area contributed by atoms with Gasteiger partial charge in [-0.15, -0.1) is 23.1 Å². The Kier molecular flexibility index (Phi) is 5.66. The summed E-state index contributed by atoms with van der Waals surface area (Å²) in [4.78, 5) is 30.9. The number of benzene rings is 2. The lowest BCUT2D eigenvalue weighted by Crippen LogP contribution is -2.32. The van der Waals surface area contributed by atoms with Crippen LogP contribution < -0.4 is 10.6 Å². The molecule has 8 heteroatoms. The van der Waals surface area contributed by atoms with Crippen molar-refractivity contribution in [2.45, 2.75) is 23.0 Å². The Hall–Kier alpha value is -2.35. The molecule has 1 unspecified atom stereocenters. The number of hydrogen-bond acceptors (Lipinski definition) is 5. The minimum absolute atomic E-state index is 0.0942. The molecule has 0 spiro atoms. The average molecular weight is 430 g/mol. The third-order valence-corrected chi connectivity index (χ3v) is 6.61. The number of fused-ring (bicyclic) bond motifs is 1. The van der Waals surface area contributed by atoms with E-state index in [1.807, 2.05) is 48.5 Å². The van der Waals surface area contributed by atoms with Crippen LogP contribution in [0.1, 0.15) is 16.9 Å². The van der Waals surface area contributed by atoms with Crippen LogP contribution in [0, 0.1) is 0 Å². The summed E-state index contributed by atoms with van der Waals surface area (Å²) in [6.07, 6.45) is 2.58.